The van der Waals surface area contributed by atoms with Gasteiger partial charge in [0.25, 0.3) is 0 Å². The third-order valence-corrected chi connectivity index (χ3v) is 6.10. The van der Waals surface area contributed by atoms with E-state index >= 15 is 0 Å². The molecule has 1 aliphatic rings. The molecule has 174 valence electrons. The average molecular weight is 454 g/mol. The quantitative estimate of drug-likeness (QED) is 0.489. The van der Waals surface area contributed by atoms with E-state index in [0.717, 1.165) is 54.5 Å². The van der Waals surface area contributed by atoms with Crippen LogP contribution in [-0.2, 0) is 12.0 Å². The normalized spacial score (nSPS) is 14.4. The molecule has 3 aromatic heterocycles. The van der Waals surface area contributed by atoms with Crippen molar-refractivity contribution in [1.29, 1.82) is 0 Å². The van der Waals surface area contributed by atoms with Gasteiger partial charge in [0, 0.05) is 74.2 Å². The summed E-state index contributed by atoms with van der Waals surface area (Å²) in [4.78, 5) is 16.2. The Balaban J connectivity index is 1.43. The van der Waals surface area contributed by atoms with Crippen molar-refractivity contribution in [3.05, 3.63) is 78.6 Å². The van der Waals surface area contributed by atoms with Crippen LogP contribution in [0, 0.1) is 0 Å². The number of aromatic nitrogens is 5. The Labute approximate surface area is 200 Å². The molecule has 0 amide bonds. The monoisotopic (exact) mass is 453 g/mol. The van der Waals surface area contributed by atoms with Gasteiger partial charge in [0.05, 0.1) is 11.2 Å². The van der Waals surface area contributed by atoms with Gasteiger partial charge in [0.1, 0.15) is 11.5 Å². The van der Waals surface area contributed by atoms with Crippen molar-refractivity contribution in [2.45, 2.75) is 32.7 Å². The minimum absolute atomic E-state index is 0.142. The molecule has 7 nitrogen and oxygen atoms in total. The molecular weight excluding hydrogens is 422 g/mol. The summed E-state index contributed by atoms with van der Waals surface area (Å²) >= 11 is 0. The average Bonchev–Trinajstić information content (AvgIpc) is 3.32. The number of piperazine rings is 1. The van der Waals surface area contributed by atoms with Crippen LogP contribution >= 0.6 is 0 Å². The number of pyridine rings is 1. The number of hydrogen-bond donors (Lipinski definition) is 1. The van der Waals surface area contributed by atoms with Crippen LogP contribution in [0.4, 0.5) is 5.69 Å². The summed E-state index contributed by atoms with van der Waals surface area (Å²) in [7, 11) is 0. The molecular formula is C27H31N7. The van der Waals surface area contributed by atoms with Crippen molar-refractivity contribution >= 4 is 5.69 Å². The van der Waals surface area contributed by atoms with E-state index in [4.69, 9.17) is 10.1 Å². The van der Waals surface area contributed by atoms with Crippen LogP contribution in [0.25, 0.3) is 22.5 Å². The first-order valence-electron chi connectivity index (χ1n) is 11.8. The molecule has 1 aliphatic heterocycles. The summed E-state index contributed by atoms with van der Waals surface area (Å²) in [6.07, 6.45) is 8.23. The van der Waals surface area contributed by atoms with Crippen LogP contribution in [0.1, 0.15) is 32.2 Å². The highest BCUT2D eigenvalue weighted by molar-refractivity contribution is 5.78. The van der Waals surface area contributed by atoms with Gasteiger partial charge in [-0.1, -0.05) is 12.1 Å². The Kier molecular flexibility index (Phi) is 6.11. The Morgan fingerprint density at radius 1 is 0.971 bits per heavy atom. The fourth-order valence-electron chi connectivity index (χ4n) is 4.19. The van der Waals surface area contributed by atoms with E-state index in [-0.39, 0.29) is 5.54 Å². The third kappa shape index (κ3) is 4.84. The van der Waals surface area contributed by atoms with Gasteiger partial charge < -0.3 is 10.2 Å². The summed E-state index contributed by atoms with van der Waals surface area (Å²) in [5.41, 5.74) is 6.05. The molecule has 4 heterocycles. The van der Waals surface area contributed by atoms with Crippen molar-refractivity contribution in [2.75, 3.05) is 31.1 Å². The minimum atomic E-state index is -0.142. The van der Waals surface area contributed by atoms with E-state index in [0.29, 0.717) is 6.42 Å². The SMILES string of the molecule is CC(C)(C)n1cc(-c2ccnc(Cc3ccc(N4CCNCC4)cc3)n2)c(-c2cccnc2)n1. The summed E-state index contributed by atoms with van der Waals surface area (Å²) in [6, 6.07) is 14.7. The largest absolute Gasteiger partial charge is 0.369 e. The number of nitrogens with one attached hydrogen (secondary N) is 1. The number of hydrogen-bond acceptors (Lipinski definition) is 6. The number of benzene rings is 1. The standard InChI is InChI=1S/C27H31N7/c1-27(2,3)34-19-23(26(32-34)21-5-4-11-29-18-21)24-10-12-30-25(31-24)17-20-6-8-22(9-7-20)33-15-13-28-14-16-33/h4-12,18-19,28H,13-17H2,1-3H3. The van der Waals surface area contributed by atoms with Gasteiger partial charge in [-0.3, -0.25) is 9.67 Å². The predicted octanol–water partition coefficient (Wildman–Crippen LogP) is 4.16. The van der Waals surface area contributed by atoms with E-state index in [9.17, 15) is 0 Å². The van der Waals surface area contributed by atoms with E-state index in [1.165, 1.54) is 11.3 Å². The first kappa shape index (κ1) is 22.2. The van der Waals surface area contributed by atoms with Crippen LogP contribution in [-0.4, -0.2) is 50.9 Å². The third-order valence-electron chi connectivity index (χ3n) is 6.10. The van der Waals surface area contributed by atoms with E-state index in [1.54, 1.807) is 6.20 Å². The predicted molar refractivity (Wildman–Crippen MR) is 136 cm³/mol. The molecule has 0 bridgehead atoms. The molecule has 0 aliphatic carbocycles. The molecule has 34 heavy (non-hydrogen) atoms. The van der Waals surface area contributed by atoms with Gasteiger partial charge in [-0.15, -0.1) is 0 Å². The van der Waals surface area contributed by atoms with Crippen LogP contribution < -0.4 is 10.2 Å². The maximum atomic E-state index is 4.93. The van der Waals surface area contributed by atoms with Gasteiger partial charge in [-0.25, -0.2) is 9.97 Å². The minimum Gasteiger partial charge on any atom is -0.369 e. The highest BCUT2D eigenvalue weighted by atomic mass is 15.3. The summed E-state index contributed by atoms with van der Waals surface area (Å²) < 4.78 is 2.00. The molecule has 1 N–H and O–H groups in total. The second-order valence-electron chi connectivity index (χ2n) is 9.69. The highest BCUT2D eigenvalue weighted by Gasteiger charge is 2.21. The fraction of sp³-hybridized carbons (Fsp3) is 0.333. The zero-order valence-corrected chi connectivity index (χ0v) is 20.1. The second-order valence-corrected chi connectivity index (χ2v) is 9.69. The number of anilines is 1. The molecule has 5 rings (SSSR count). The van der Waals surface area contributed by atoms with Crippen molar-refractivity contribution in [3.8, 4) is 22.5 Å². The summed E-state index contributed by atoms with van der Waals surface area (Å²) in [6.45, 7) is 10.6. The molecule has 0 atom stereocenters. The lowest BCUT2D eigenvalue weighted by molar-refractivity contribution is 0.356. The first-order chi connectivity index (χ1) is 16.5. The zero-order valence-electron chi connectivity index (χ0n) is 20.1. The molecule has 1 fully saturated rings. The molecule has 1 aromatic carbocycles. The molecule has 1 saturated heterocycles. The molecule has 0 saturated carbocycles. The maximum absolute atomic E-state index is 4.93. The Hall–Kier alpha value is -3.58. The number of nitrogens with zero attached hydrogens (tertiary/aromatic N) is 6. The van der Waals surface area contributed by atoms with Crippen molar-refractivity contribution < 1.29 is 0 Å². The van der Waals surface area contributed by atoms with Crippen LogP contribution in [0.15, 0.2) is 67.3 Å². The van der Waals surface area contributed by atoms with Crippen molar-refractivity contribution in [3.63, 3.8) is 0 Å². The lowest BCUT2D eigenvalue weighted by atomic mass is 10.1. The molecule has 0 radical (unpaired) electrons. The topological polar surface area (TPSA) is 71.8 Å². The lowest BCUT2D eigenvalue weighted by Gasteiger charge is -2.29. The fourth-order valence-corrected chi connectivity index (χ4v) is 4.19. The Morgan fingerprint density at radius 2 is 1.76 bits per heavy atom. The first-order valence-corrected chi connectivity index (χ1v) is 11.8. The van der Waals surface area contributed by atoms with Gasteiger partial charge in [-0.05, 0) is 56.7 Å². The Morgan fingerprint density at radius 3 is 2.47 bits per heavy atom. The molecule has 0 spiro atoms. The molecule has 0 unspecified atom stereocenters. The maximum Gasteiger partial charge on any atom is 0.133 e. The van der Waals surface area contributed by atoms with Crippen molar-refractivity contribution in [2.24, 2.45) is 0 Å². The lowest BCUT2D eigenvalue weighted by Crippen LogP contribution is -2.43. The van der Waals surface area contributed by atoms with E-state index < -0.39 is 0 Å². The van der Waals surface area contributed by atoms with E-state index in [1.807, 2.05) is 35.3 Å². The summed E-state index contributed by atoms with van der Waals surface area (Å²) in [5.74, 6) is 0.799. The number of rotatable bonds is 5. The smallest absolute Gasteiger partial charge is 0.133 e. The van der Waals surface area contributed by atoms with Crippen LogP contribution in [0.2, 0.25) is 0 Å². The van der Waals surface area contributed by atoms with Crippen molar-refractivity contribution in [1.82, 2.24) is 30.0 Å². The van der Waals surface area contributed by atoms with E-state index in [2.05, 4.69) is 71.4 Å². The van der Waals surface area contributed by atoms with Gasteiger partial charge in [0.15, 0.2) is 0 Å². The molecule has 7 heteroatoms. The van der Waals surface area contributed by atoms with Gasteiger partial charge >= 0.3 is 0 Å². The van der Waals surface area contributed by atoms with Gasteiger partial charge in [-0.2, -0.15) is 5.10 Å². The highest BCUT2D eigenvalue weighted by Crippen LogP contribution is 2.31. The molecule has 4 aromatic rings. The van der Waals surface area contributed by atoms with Crippen LogP contribution in [0.3, 0.4) is 0 Å². The van der Waals surface area contributed by atoms with Gasteiger partial charge in [0.2, 0.25) is 0 Å². The zero-order chi connectivity index (χ0) is 23.5. The van der Waals surface area contributed by atoms with Crippen LogP contribution in [0.5, 0.6) is 0 Å². The Bertz CT molecular complexity index is 1230. The summed E-state index contributed by atoms with van der Waals surface area (Å²) in [5, 5.41) is 8.31. The second kappa shape index (κ2) is 9.35.